The van der Waals surface area contributed by atoms with Crippen LogP contribution in [-0.2, 0) is 10.0 Å². The maximum Gasteiger partial charge on any atom is 0.236 e. The third-order valence-electron chi connectivity index (χ3n) is 1.88. The Bertz CT molecular complexity index is 367. The summed E-state index contributed by atoms with van der Waals surface area (Å²) in [5.74, 6) is -0.153. The molecule has 0 aliphatic heterocycles. The minimum absolute atomic E-state index is 0.153. The van der Waals surface area contributed by atoms with Crippen molar-refractivity contribution in [2.45, 2.75) is 12.8 Å². The molecule has 0 atom stereocenters. The van der Waals surface area contributed by atoms with Crippen LogP contribution in [0.25, 0.3) is 0 Å². The van der Waals surface area contributed by atoms with E-state index in [4.69, 9.17) is 5.73 Å². The Kier molecular flexibility index (Phi) is 2.63. The van der Waals surface area contributed by atoms with Crippen molar-refractivity contribution in [3.05, 3.63) is 22.4 Å². The number of allylic oxidation sites excluding steroid dienone is 3. The molecule has 0 bridgehead atoms. The first kappa shape index (κ1) is 10.1. The van der Waals surface area contributed by atoms with Crippen LogP contribution in [0.2, 0.25) is 0 Å². The smallest absolute Gasteiger partial charge is 0.236 e. The zero-order valence-corrected chi connectivity index (χ0v) is 8.06. The molecule has 0 saturated heterocycles. The average Bonchev–Trinajstić information content (AvgIpc) is 2.09. The first-order valence-electron chi connectivity index (χ1n) is 3.79. The molecule has 0 amide bonds. The fourth-order valence-electron chi connectivity index (χ4n) is 1.05. The molecule has 6 heteroatoms. The Hall–Kier alpha value is -1.01. The second-order valence-corrected chi connectivity index (χ2v) is 4.67. The number of aliphatic hydroxyl groups excluding tert-OH is 1. The van der Waals surface area contributed by atoms with Crippen molar-refractivity contribution in [2.75, 3.05) is 7.05 Å². The van der Waals surface area contributed by atoms with Crippen LogP contribution >= 0.6 is 0 Å². The van der Waals surface area contributed by atoms with Gasteiger partial charge in [-0.15, -0.1) is 0 Å². The number of sulfonamides is 1. The molecular formula is C7H12N2O3S. The minimum Gasteiger partial charge on any atom is -0.506 e. The van der Waals surface area contributed by atoms with Crippen LogP contribution in [0.4, 0.5) is 0 Å². The van der Waals surface area contributed by atoms with Crippen LogP contribution in [0, 0.1) is 0 Å². The highest BCUT2D eigenvalue weighted by Gasteiger charge is 2.20. The van der Waals surface area contributed by atoms with Gasteiger partial charge in [0.15, 0.2) is 0 Å². The van der Waals surface area contributed by atoms with E-state index in [1.165, 1.54) is 13.1 Å². The van der Waals surface area contributed by atoms with Crippen LogP contribution in [-0.4, -0.2) is 20.6 Å². The third kappa shape index (κ3) is 2.02. The summed E-state index contributed by atoms with van der Waals surface area (Å²) < 4.78 is 24.7. The molecule has 1 rings (SSSR count). The van der Waals surface area contributed by atoms with E-state index >= 15 is 0 Å². The van der Waals surface area contributed by atoms with E-state index < -0.39 is 10.0 Å². The number of hydrogen-bond acceptors (Lipinski definition) is 4. The first-order chi connectivity index (χ1) is 5.97. The predicted octanol–water partition coefficient (Wildman–Crippen LogP) is -0.0584. The second kappa shape index (κ2) is 3.39. The molecule has 0 heterocycles. The van der Waals surface area contributed by atoms with Gasteiger partial charge in [-0.1, -0.05) is 0 Å². The highest BCUT2D eigenvalue weighted by Crippen LogP contribution is 2.22. The molecule has 1 aliphatic carbocycles. The van der Waals surface area contributed by atoms with E-state index in [9.17, 15) is 13.5 Å². The van der Waals surface area contributed by atoms with Crippen molar-refractivity contribution >= 4 is 10.0 Å². The maximum absolute atomic E-state index is 11.3. The highest BCUT2D eigenvalue weighted by atomic mass is 32.2. The van der Waals surface area contributed by atoms with Crippen LogP contribution in [0.5, 0.6) is 0 Å². The monoisotopic (exact) mass is 204 g/mol. The maximum atomic E-state index is 11.3. The number of hydrogen-bond donors (Lipinski definition) is 3. The number of nitrogens with one attached hydrogen (secondary N) is 1. The SMILES string of the molecule is CNS(=O)(=O)C1=CC(O)=C(N)CC1. The molecule has 5 nitrogen and oxygen atoms in total. The van der Waals surface area contributed by atoms with E-state index in [-0.39, 0.29) is 10.7 Å². The highest BCUT2D eigenvalue weighted by molar-refractivity contribution is 7.93. The fourth-order valence-corrected chi connectivity index (χ4v) is 1.95. The van der Waals surface area contributed by atoms with Gasteiger partial charge in [0.25, 0.3) is 0 Å². The lowest BCUT2D eigenvalue weighted by Gasteiger charge is -2.13. The molecular weight excluding hydrogens is 192 g/mol. The Labute approximate surface area is 77.0 Å². The normalized spacial score (nSPS) is 18.7. The molecule has 0 aromatic carbocycles. The molecule has 0 spiro atoms. The summed E-state index contributed by atoms with van der Waals surface area (Å²) in [6, 6.07) is 0. The summed E-state index contributed by atoms with van der Waals surface area (Å²) in [6.07, 6.45) is 1.89. The fraction of sp³-hybridized carbons (Fsp3) is 0.429. The van der Waals surface area contributed by atoms with Crippen molar-refractivity contribution in [1.82, 2.24) is 4.72 Å². The third-order valence-corrected chi connectivity index (χ3v) is 3.43. The lowest BCUT2D eigenvalue weighted by atomic mass is 10.1. The molecule has 13 heavy (non-hydrogen) atoms. The van der Waals surface area contributed by atoms with E-state index in [1.54, 1.807) is 0 Å². The topological polar surface area (TPSA) is 92.4 Å². The summed E-state index contributed by atoms with van der Waals surface area (Å²) in [4.78, 5) is 0.168. The molecule has 0 fully saturated rings. The van der Waals surface area contributed by atoms with E-state index in [0.717, 1.165) is 0 Å². The Morgan fingerprint density at radius 1 is 1.54 bits per heavy atom. The van der Waals surface area contributed by atoms with E-state index in [1.807, 2.05) is 0 Å². The lowest BCUT2D eigenvalue weighted by molar-refractivity contribution is 0.417. The van der Waals surface area contributed by atoms with Crippen molar-refractivity contribution in [1.29, 1.82) is 0 Å². The summed E-state index contributed by atoms with van der Waals surface area (Å²) in [7, 11) is -2.09. The van der Waals surface area contributed by atoms with Gasteiger partial charge in [0.2, 0.25) is 10.0 Å². The Morgan fingerprint density at radius 3 is 2.62 bits per heavy atom. The molecule has 0 unspecified atom stereocenters. The zero-order chi connectivity index (χ0) is 10.1. The van der Waals surface area contributed by atoms with Gasteiger partial charge in [0.05, 0.1) is 10.6 Å². The van der Waals surface area contributed by atoms with E-state index in [2.05, 4.69) is 4.72 Å². The van der Waals surface area contributed by atoms with Crippen LogP contribution in [0.15, 0.2) is 22.4 Å². The van der Waals surface area contributed by atoms with Crippen molar-refractivity contribution in [3.63, 3.8) is 0 Å². The summed E-state index contributed by atoms with van der Waals surface area (Å²) in [6.45, 7) is 0. The van der Waals surface area contributed by atoms with E-state index in [0.29, 0.717) is 18.5 Å². The largest absolute Gasteiger partial charge is 0.506 e. The Morgan fingerprint density at radius 2 is 2.15 bits per heavy atom. The summed E-state index contributed by atoms with van der Waals surface area (Å²) in [5.41, 5.74) is 5.72. The van der Waals surface area contributed by atoms with Crippen molar-refractivity contribution in [3.8, 4) is 0 Å². The van der Waals surface area contributed by atoms with Crippen molar-refractivity contribution in [2.24, 2.45) is 5.73 Å². The van der Waals surface area contributed by atoms with Gasteiger partial charge in [0, 0.05) is 0 Å². The van der Waals surface area contributed by atoms with Gasteiger partial charge < -0.3 is 10.8 Å². The predicted molar refractivity (Wildman–Crippen MR) is 49.1 cm³/mol. The lowest BCUT2D eigenvalue weighted by Crippen LogP contribution is -2.22. The number of rotatable bonds is 2. The summed E-state index contributed by atoms with van der Waals surface area (Å²) in [5, 5.41) is 9.19. The molecule has 0 radical (unpaired) electrons. The van der Waals surface area contributed by atoms with Gasteiger partial charge in [-0.3, -0.25) is 0 Å². The van der Waals surface area contributed by atoms with Gasteiger partial charge in [-0.2, -0.15) is 0 Å². The Balaban J connectivity index is 3.05. The quantitative estimate of drug-likeness (QED) is 0.587. The van der Waals surface area contributed by atoms with Crippen molar-refractivity contribution < 1.29 is 13.5 Å². The molecule has 0 aromatic rings. The molecule has 1 aliphatic rings. The van der Waals surface area contributed by atoms with Gasteiger partial charge in [-0.25, -0.2) is 13.1 Å². The molecule has 0 saturated carbocycles. The molecule has 0 aromatic heterocycles. The standard InChI is InChI=1S/C7H12N2O3S/c1-9-13(11,12)5-2-3-6(8)7(10)4-5/h4,9-10H,2-3,8H2,1H3. The second-order valence-electron chi connectivity index (χ2n) is 2.73. The molecule has 4 N–H and O–H groups in total. The average molecular weight is 204 g/mol. The van der Waals surface area contributed by atoms with Gasteiger partial charge in [-0.05, 0) is 26.0 Å². The van der Waals surface area contributed by atoms with Crippen LogP contribution in [0.3, 0.4) is 0 Å². The number of aliphatic hydroxyl groups is 1. The zero-order valence-electron chi connectivity index (χ0n) is 7.24. The van der Waals surface area contributed by atoms with Gasteiger partial charge in [0.1, 0.15) is 5.76 Å². The first-order valence-corrected chi connectivity index (χ1v) is 5.27. The molecule has 74 valence electrons. The minimum atomic E-state index is -3.42. The van der Waals surface area contributed by atoms with Gasteiger partial charge >= 0.3 is 0 Å². The summed E-state index contributed by atoms with van der Waals surface area (Å²) >= 11 is 0. The van der Waals surface area contributed by atoms with Crippen LogP contribution < -0.4 is 10.5 Å². The van der Waals surface area contributed by atoms with Crippen LogP contribution in [0.1, 0.15) is 12.8 Å². The number of nitrogens with two attached hydrogens (primary N) is 1.